The Labute approximate surface area is 119 Å². The van der Waals surface area contributed by atoms with Crippen LogP contribution in [0.25, 0.3) is 0 Å². The zero-order chi connectivity index (χ0) is 14.9. The molecule has 2 amide bonds. The van der Waals surface area contributed by atoms with E-state index in [0.29, 0.717) is 19.6 Å². The maximum absolute atomic E-state index is 12.0. The molecule has 0 radical (unpaired) electrons. The summed E-state index contributed by atoms with van der Waals surface area (Å²) in [4.78, 5) is 26.8. The summed E-state index contributed by atoms with van der Waals surface area (Å²) in [7, 11) is -3.54. The Bertz CT molecular complexity index is 497. The van der Waals surface area contributed by atoms with E-state index in [1.807, 2.05) is 0 Å². The van der Waals surface area contributed by atoms with Crippen molar-refractivity contribution in [3.63, 3.8) is 0 Å². The van der Waals surface area contributed by atoms with Crippen LogP contribution >= 0.6 is 0 Å². The van der Waals surface area contributed by atoms with E-state index < -0.39 is 10.0 Å². The lowest BCUT2D eigenvalue weighted by atomic mass is 10.0. The van der Waals surface area contributed by atoms with Gasteiger partial charge in [0.1, 0.15) is 0 Å². The van der Waals surface area contributed by atoms with Gasteiger partial charge in [0.25, 0.3) is 0 Å². The maximum atomic E-state index is 12.0. The van der Waals surface area contributed by atoms with Crippen LogP contribution in [0.2, 0.25) is 0 Å². The first-order chi connectivity index (χ1) is 9.26. The second kappa shape index (κ2) is 5.69. The van der Waals surface area contributed by atoms with Gasteiger partial charge in [-0.2, -0.15) is 0 Å². The first-order valence-corrected chi connectivity index (χ1v) is 8.53. The molecule has 1 unspecified atom stereocenters. The minimum absolute atomic E-state index is 0.0000694. The number of sulfonamides is 1. The van der Waals surface area contributed by atoms with Gasteiger partial charge in [0.15, 0.2) is 0 Å². The lowest BCUT2D eigenvalue weighted by Crippen LogP contribution is -2.46. The number of likely N-dealkylation sites (tertiary alicyclic amines) is 2. The SMILES string of the molecule is CC(=O)N1CCC(N2CC(CS(N)(=O)=O)CC2=O)CC1. The van der Waals surface area contributed by atoms with Crippen LogP contribution in [0.5, 0.6) is 0 Å². The van der Waals surface area contributed by atoms with Crippen molar-refractivity contribution >= 4 is 21.8 Å². The number of carbonyl (C=O) groups is 2. The fourth-order valence-electron chi connectivity index (χ4n) is 3.09. The molecule has 2 aliphatic heterocycles. The molecular weight excluding hydrogens is 282 g/mol. The van der Waals surface area contributed by atoms with E-state index in [9.17, 15) is 18.0 Å². The molecule has 7 nitrogen and oxygen atoms in total. The van der Waals surface area contributed by atoms with E-state index in [2.05, 4.69) is 0 Å². The number of amides is 2. The standard InChI is InChI=1S/C12H21N3O4S/c1-9(16)14-4-2-11(3-5-14)15-7-10(6-12(15)17)8-20(13,18)19/h10-11H,2-8H2,1H3,(H2,13,18,19). The predicted octanol–water partition coefficient (Wildman–Crippen LogP) is -0.866. The van der Waals surface area contributed by atoms with Gasteiger partial charge in [-0.05, 0) is 12.8 Å². The zero-order valence-electron chi connectivity index (χ0n) is 11.6. The van der Waals surface area contributed by atoms with E-state index in [1.165, 1.54) is 0 Å². The molecule has 2 heterocycles. The Morgan fingerprint density at radius 3 is 2.45 bits per heavy atom. The van der Waals surface area contributed by atoms with Crippen molar-refractivity contribution in [1.82, 2.24) is 9.80 Å². The fraction of sp³-hybridized carbons (Fsp3) is 0.833. The molecule has 0 aromatic carbocycles. The number of hydrogen-bond donors (Lipinski definition) is 1. The van der Waals surface area contributed by atoms with Crippen molar-refractivity contribution < 1.29 is 18.0 Å². The summed E-state index contributed by atoms with van der Waals surface area (Å²) >= 11 is 0. The Morgan fingerprint density at radius 1 is 1.35 bits per heavy atom. The van der Waals surface area contributed by atoms with Gasteiger partial charge in [0.2, 0.25) is 21.8 Å². The summed E-state index contributed by atoms with van der Waals surface area (Å²) in [6.07, 6.45) is 1.77. The zero-order valence-corrected chi connectivity index (χ0v) is 12.4. The molecule has 2 N–H and O–H groups in total. The van der Waals surface area contributed by atoms with Crippen LogP contribution in [0, 0.1) is 5.92 Å². The highest BCUT2D eigenvalue weighted by Gasteiger charge is 2.37. The van der Waals surface area contributed by atoms with E-state index in [4.69, 9.17) is 5.14 Å². The largest absolute Gasteiger partial charge is 0.343 e. The molecule has 0 saturated carbocycles. The molecule has 1 atom stereocenters. The summed E-state index contributed by atoms with van der Waals surface area (Å²) in [6.45, 7) is 3.32. The third kappa shape index (κ3) is 3.69. The molecule has 0 aliphatic carbocycles. The van der Waals surface area contributed by atoms with Crippen LogP contribution in [0.3, 0.4) is 0 Å². The molecule has 0 aromatic heterocycles. The molecule has 2 saturated heterocycles. The number of rotatable bonds is 3. The van der Waals surface area contributed by atoms with Gasteiger partial charge in [-0.15, -0.1) is 0 Å². The number of nitrogens with zero attached hydrogens (tertiary/aromatic N) is 2. The molecule has 0 aromatic rings. The number of piperidine rings is 1. The molecule has 114 valence electrons. The van der Waals surface area contributed by atoms with E-state index >= 15 is 0 Å². The first kappa shape index (κ1) is 15.2. The van der Waals surface area contributed by atoms with Gasteiger partial charge < -0.3 is 9.80 Å². The van der Waals surface area contributed by atoms with E-state index in [1.54, 1.807) is 16.7 Å². The molecule has 0 bridgehead atoms. The Morgan fingerprint density at radius 2 is 1.95 bits per heavy atom. The van der Waals surface area contributed by atoms with Crippen molar-refractivity contribution in [3.8, 4) is 0 Å². The van der Waals surface area contributed by atoms with Gasteiger partial charge in [-0.25, -0.2) is 13.6 Å². The highest BCUT2D eigenvalue weighted by molar-refractivity contribution is 7.89. The van der Waals surface area contributed by atoms with Crippen LogP contribution in [0.15, 0.2) is 0 Å². The summed E-state index contributed by atoms with van der Waals surface area (Å²) in [5.74, 6) is -0.284. The number of nitrogens with two attached hydrogens (primary N) is 1. The fourth-order valence-corrected chi connectivity index (χ4v) is 3.97. The van der Waals surface area contributed by atoms with Crippen LogP contribution in [-0.4, -0.2) is 61.5 Å². The molecule has 2 aliphatic rings. The highest BCUT2D eigenvalue weighted by Crippen LogP contribution is 2.26. The third-order valence-electron chi connectivity index (χ3n) is 4.06. The number of hydrogen-bond acceptors (Lipinski definition) is 4. The van der Waals surface area contributed by atoms with Gasteiger partial charge in [-0.3, -0.25) is 9.59 Å². The summed E-state index contributed by atoms with van der Waals surface area (Å²) in [5.41, 5.74) is 0. The molecular formula is C12H21N3O4S. The number of primary sulfonamides is 1. The summed E-state index contributed by atoms with van der Waals surface area (Å²) in [5, 5.41) is 5.03. The quantitative estimate of drug-likeness (QED) is 0.732. The van der Waals surface area contributed by atoms with Crippen LogP contribution < -0.4 is 5.14 Å². The van der Waals surface area contributed by atoms with Crippen molar-refractivity contribution in [2.75, 3.05) is 25.4 Å². The van der Waals surface area contributed by atoms with Crippen molar-refractivity contribution in [2.24, 2.45) is 11.1 Å². The molecule has 2 rings (SSSR count). The monoisotopic (exact) mass is 303 g/mol. The average molecular weight is 303 g/mol. The molecule has 20 heavy (non-hydrogen) atoms. The average Bonchev–Trinajstić information content (AvgIpc) is 2.67. The van der Waals surface area contributed by atoms with Crippen LogP contribution in [-0.2, 0) is 19.6 Å². The maximum Gasteiger partial charge on any atom is 0.223 e. The van der Waals surface area contributed by atoms with Crippen molar-refractivity contribution in [2.45, 2.75) is 32.2 Å². The van der Waals surface area contributed by atoms with Crippen molar-refractivity contribution in [1.29, 1.82) is 0 Å². The van der Waals surface area contributed by atoms with Gasteiger partial charge in [0.05, 0.1) is 5.75 Å². The highest BCUT2D eigenvalue weighted by atomic mass is 32.2. The second-order valence-corrected chi connectivity index (χ2v) is 7.34. The lowest BCUT2D eigenvalue weighted by molar-refractivity contribution is -0.133. The summed E-state index contributed by atoms with van der Waals surface area (Å²) in [6, 6.07) is 0.114. The topological polar surface area (TPSA) is 101 Å². The van der Waals surface area contributed by atoms with Crippen LogP contribution in [0.4, 0.5) is 0 Å². The minimum atomic E-state index is -3.54. The van der Waals surface area contributed by atoms with E-state index in [0.717, 1.165) is 12.8 Å². The van der Waals surface area contributed by atoms with Gasteiger partial charge in [0, 0.05) is 44.9 Å². The van der Waals surface area contributed by atoms with Crippen LogP contribution in [0.1, 0.15) is 26.2 Å². The normalized spacial score (nSPS) is 25.3. The van der Waals surface area contributed by atoms with E-state index in [-0.39, 0.29) is 35.9 Å². The lowest BCUT2D eigenvalue weighted by Gasteiger charge is -2.36. The molecule has 0 spiro atoms. The first-order valence-electron chi connectivity index (χ1n) is 6.81. The van der Waals surface area contributed by atoms with Crippen molar-refractivity contribution in [3.05, 3.63) is 0 Å². The van der Waals surface area contributed by atoms with Gasteiger partial charge in [-0.1, -0.05) is 0 Å². The molecule has 8 heteroatoms. The smallest absolute Gasteiger partial charge is 0.223 e. The predicted molar refractivity (Wildman–Crippen MR) is 73.1 cm³/mol. The number of carbonyl (C=O) groups excluding carboxylic acids is 2. The molecule has 2 fully saturated rings. The Kier molecular flexibility index (Phi) is 4.33. The second-order valence-electron chi connectivity index (χ2n) is 5.68. The Hall–Kier alpha value is -1.15. The summed E-state index contributed by atoms with van der Waals surface area (Å²) < 4.78 is 22.2. The Balaban J connectivity index is 1.91. The van der Waals surface area contributed by atoms with Gasteiger partial charge >= 0.3 is 0 Å². The minimum Gasteiger partial charge on any atom is -0.343 e. The third-order valence-corrected chi connectivity index (χ3v) is 4.99.